The summed E-state index contributed by atoms with van der Waals surface area (Å²) in [5, 5.41) is 3.32. The van der Waals surface area contributed by atoms with E-state index in [1.807, 2.05) is 0 Å². The summed E-state index contributed by atoms with van der Waals surface area (Å²) >= 11 is 5.99. The minimum atomic E-state index is -0.506. The molecule has 1 aromatic rings. The van der Waals surface area contributed by atoms with Gasteiger partial charge in [-0.25, -0.2) is 4.79 Å². The second-order valence-electron chi connectivity index (χ2n) is 4.28. The van der Waals surface area contributed by atoms with E-state index in [2.05, 4.69) is 10.1 Å². The Morgan fingerprint density at radius 2 is 2.00 bits per heavy atom. The van der Waals surface area contributed by atoms with Crippen molar-refractivity contribution in [2.45, 2.75) is 13.0 Å². The average molecular weight is 285 g/mol. The maximum Gasteiger partial charge on any atom is 0.327 e. The zero-order valence-corrected chi connectivity index (χ0v) is 12.1. The second-order valence-corrected chi connectivity index (χ2v) is 4.69. The van der Waals surface area contributed by atoms with Crippen molar-refractivity contribution in [3.05, 3.63) is 28.8 Å². The van der Waals surface area contributed by atoms with E-state index in [1.54, 1.807) is 39.2 Å². The number of nitrogens with one attached hydrogen (secondary N) is 1. The number of hydrogen-bond acceptors (Lipinski definition) is 4. The number of anilines is 1. The molecule has 1 unspecified atom stereocenters. The van der Waals surface area contributed by atoms with Crippen molar-refractivity contribution in [1.29, 1.82) is 0 Å². The van der Waals surface area contributed by atoms with Gasteiger partial charge in [0.25, 0.3) is 5.91 Å². The number of amides is 1. The lowest BCUT2D eigenvalue weighted by atomic mass is 10.1. The summed E-state index contributed by atoms with van der Waals surface area (Å²) in [6, 6.07) is 4.43. The molecule has 0 aromatic heterocycles. The van der Waals surface area contributed by atoms with Gasteiger partial charge in [-0.2, -0.15) is 0 Å². The maximum absolute atomic E-state index is 11.9. The molecule has 0 heterocycles. The Labute approximate surface area is 117 Å². The van der Waals surface area contributed by atoms with Crippen molar-refractivity contribution in [3.8, 4) is 0 Å². The number of ether oxygens (including phenoxy) is 1. The van der Waals surface area contributed by atoms with E-state index in [-0.39, 0.29) is 11.9 Å². The lowest BCUT2D eigenvalue weighted by Crippen LogP contribution is -2.27. The van der Waals surface area contributed by atoms with E-state index in [0.29, 0.717) is 16.3 Å². The maximum atomic E-state index is 11.9. The Kier molecular flexibility index (Phi) is 5.18. The molecule has 0 fully saturated rings. The number of methoxy groups -OCH3 is 1. The van der Waals surface area contributed by atoms with Gasteiger partial charge in [0.05, 0.1) is 17.7 Å². The van der Waals surface area contributed by atoms with Gasteiger partial charge in [-0.05, 0) is 25.1 Å². The smallest absolute Gasteiger partial charge is 0.327 e. The largest absolute Gasteiger partial charge is 0.467 e. The predicted octanol–water partition coefficient (Wildman–Crippen LogP) is 2.02. The number of halogens is 1. The van der Waals surface area contributed by atoms with Crippen LogP contribution in [0.3, 0.4) is 0 Å². The van der Waals surface area contributed by atoms with Crippen molar-refractivity contribution in [2.75, 3.05) is 26.5 Å². The minimum Gasteiger partial charge on any atom is -0.467 e. The molecule has 0 radical (unpaired) electrons. The lowest BCUT2D eigenvalue weighted by Gasteiger charge is -2.16. The number of benzene rings is 1. The van der Waals surface area contributed by atoms with Gasteiger partial charge in [0.2, 0.25) is 0 Å². The number of nitrogens with zero attached hydrogens (tertiary/aromatic N) is 1. The Morgan fingerprint density at radius 1 is 1.37 bits per heavy atom. The van der Waals surface area contributed by atoms with Crippen LogP contribution in [0.2, 0.25) is 5.02 Å². The Hall–Kier alpha value is -1.75. The first kappa shape index (κ1) is 15.3. The standard InChI is InChI=1S/C13H17ClN2O3/c1-8(13(18)19-4)15-9-5-6-11(14)10(7-9)12(17)16(2)3/h5-8,15H,1-4H3. The molecule has 0 aliphatic heterocycles. The highest BCUT2D eigenvalue weighted by Gasteiger charge is 2.16. The lowest BCUT2D eigenvalue weighted by molar-refractivity contribution is -0.141. The summed E-state index contributed by atoms with van der Waals surface area (Å²) < 4.78 is 4.62. The van der Waals surface area contributed by atoms with Gasteiger partial charge in [0.15, 0.2) is 0 Å². The second kappa shape index (κ2) is 6.43. The van der Waals surface area contributed by atoms with E-state index in [0.717, 1.165) is 0 Å². The first-order valence-corrected chi connectivity index (χ1v) is 6.10. The fourth-order valence-electron chi connectivity index (χ4n) is 1.51. The molecule has 1 atom stereocenters. The van der Waals surface area contributed by atoms with Crippen LogP contribution in [0.4, 0.5) is 5.69 Å². The normalized spacial score (nSPS) is 11.6. The van der Waals surface area contributed by atoms with Crippen molar-refractivity contribution < 1.29 is 14.3 Å². The SMILES string of the molecule is COC(=O)C(C)Nc1ccc(Cl)c(C(=O)N(C)C)c1. The number of carbonyl (C=O) groups is 2. The molecule has 0 bridgehead atoms. The molecule has 1 rings (SSSR count). The summed E-state index contributed by atoms with van der Waals surface area (Å²) in [7, 11) is 4.62. The molecule has 104 valence electrons. The molecule has 6 heteroatoms. The van der Waals surface area contributed by atoms with Gasteiger partial charge in [0, 0.05) is 19.8 Å². The molecule has 0 aliphatic carbocycles. The van der Waals surface area contributed by atoms with Crippen molar-refractivity contribution >= 4 is 29.2 Å². The van der Waals surface area contributed by atoms with Crippen LogP contribution < -0.4 is 5.32 Å². The van der Waals surface area contributed by atoms with Gasteiger partial charge in [-0.3, -0.25) is 4.79 Å². The van der Waals surface area contributed by atoms with E-state index >= 15 is 0 Å². The van der Waals surface area contributed by atoms with Gasteiger partial charge in [-0.15, -0.1) is 0 Å². The number of carbonyl (C=O) groups excluding carboxylic acids is 2. The highest BCUT2D eigenvalue weighted by atomic mass is 35.5. The zero-order chi connectivity index (χ0) is 14.6. The monoisotopic (exact) mass is 284 g/mol. The third kappa shape index (κ3) is 3.86. The van der Waals surface area contributed by atoms with Crippen LogP contribution in [0.5, 0.6) is 0 Å². The molecule has 19 heavy (non-hydrogen) atoms. The van der Waals surface area contributed by atoms with E-state index in [1.165, 1.54) is 12.0 Å². The van der Waals surface area contributed by atoms with E-state index < -0.39 is 6.04 Å². The first-order valence-electron chi connectivity index (χ1n) is 5.72. The number of esters is 1. The van der Waals surface area contributed by atoms with Crippen LogP contribution in [0, 0.1) is 0 Å². The van der Waals surface area contributed by atoms with Crippen molar-refractivity contribution in [2.24, 2.45) is 0 Å². The zero-order valence-electron chi connectivity index (χ0n) is 11.4. The molecular weight excluding hydrogens is 268 g/mol. The highest BCUT2D eigenvalue weighted by Crippen LogP contribution is 2.22. The molecule has 0 saturated heterocycles. The summed E-state index contributed by atoms with van der Waals surface area (Å²) in [4.78, 5) is 24.7. The average Bonchev–Trinajstić information content (AvgIpc) is 2.38. The molecular formula is C13H17ClN2O3. The molecule has 0 spiro atoms. The highest BCUT2D eigenvalue weighted by molar-refractivity contribution is 6.34. The number of hydrogen-bond donors (Lipinski definition) is 1. The van der Waals surface area contributed by atoms with Crippen molar-refractivity contribution in [1.82, 2.24) is 4.90 Å². The fraction of sp³-hybridized carbons (Fsp3) is 0.385. The quantitative estimate of drug-likeness (QED) is 0.860. The molecule has 5 nitrogen and oxygen atoms in total. The van der Waals surface area contributed by atoms with Crippen LogP contribution in [0.1, 0.15) is 17.3 Å². The van der Waals surface area contributed by atoms with Crippen LogP contribution >= 0.6 is 11.6 Å². The Balaban J connectivity index is 2.96. The molecule has 0 aliphatic rings. The van der Waals surface area contributed by atoms with Crippen LogP contribution in [-0.4, -0.2) is 44.0 Å². The van der Waals surface area contributed by atoms with Crippen molar-refractivity contribution in [3.63, 3.8) is 0 Å². The first-order chi connectivity index (χ1) is 8.86. The van der Waals surface area contributed by atoms with Gasteiger partial charge in [0.1, 0.15) is 6.04 Å². The van der Waals surface area contributed by atoms with Gasteiger partial charge < -0.3 is 15.0 Å². The van der Waals surface area contributed by atoms with Crippen LogP contribution in [0.15, 0.2) is 18.2 Å². The van der Waals surface area contributed by atoms with E-state index in [4.69, 9.17) is 11.6 Å². The molecule has 1 aromatic carbocycles. The van der Waals surface area contributed by atoms with Crippen LogP contribution in [0.25, 0.3) is 0 Å². The topological polar surface area (TPSA) is 58.6 Å². The summed E-state index contributed by atoms with van der Waals surface area (Å²) in [5.74, 6) is -0.574. The summed E-state index contributed by atoms with van der Waals surface area (Å²) in [6.07, 6.45) is 0. The number of rotatable bonds is 4. The summed E-state index contributed by atoms with van der Waals surface area (Å²) in [5.41, 5.74) is 1.02. The van der Waals surface area contributed by atoms with Gasteiger partial charge >= 0.3 is 5.97 Å². The third-order valence-corrected chi connectivity index (χ3v) is 2.87. The fourth-order valence-corrected chi connectivity index (χ4v) is 1.70. The Bertz CT molecular complexity index is 489. The van der Waals surface area contributed by atoms with Gasteiger partial charge in [-0.1, -0.05) is 11.6 Å². The predicted molar refractivity (Wildman–Crippen MR) is 74.6 cm³/mol. The van der Waals surface area contributed by atoms with E-state index in [9.17, 15) is 9.59 Å². The van der Waals surface area contributed by atoms with Crippen LogP contribution in [-0.2, 0) is 9.53 Å². The Morgan fingerprint density at radius 3 is 2.53 bits per heavy atom. The minimum absolute atomic E-state index is 0.195. The molecule has 1 amide bonds. The molecule has 1 N–H and O–H groups in total. The molecule has 0 saturated carbocycles. The summed E-state index contributed by atoms with van der Waals surface area (Å²) in [6.45, 7) is 1.67. The third-order valence-electron chi connectivity index (χ3n) is 2.54.